The largest absolute Gasteiger partial charge is 0.453 e. The van der Waals surface area contributed by atoms with Gasteiger partial charge in [-0.2, -0.15) is 0 Å². The van der Waals surface area contributed by atoms with Crippen LogP contribution in [-0.2, 0) is 20.8 Å². The molecule has 3 aromatic heterocycles. The van der Waals surface area contributed by atoms with E-state index in [1.165, 1.54) is 12.8 Å². The fourth-order valence-corrected chi connectivity index (χ4v) is 15.3. The predicted octanol–water partition coefficient (Wildman–Crippen LogP) is 10.6. The van der Waals surface area contributed by atoms with Gasteiger partial charge in [-0.15, -0.1) is 0 Å². The van der Waals surface area contributed by atoms with E-state index in [9.17, 15) is 28.8 Å². The van der Waals surface area contributed by atoms with Crippen LogP contribution in [0.15, 0.2) is 154 Å². The third-order valence-corrected chi connectivity index (χ3v) is 21.8. The van der Waals surface area contributed by atoms with Gasteiger partial charge in [0.2, 0.25) is 16.3 Å². The molecule has 1 aliphatic carbocycles. The van der Waals surface area contributed by atoms with Crippen molar-refractivity contribution in [2.45, 2.75) is 19.4 Å². The lowest BCUT2D eigenvalue weighted by Crippen LogP contribution is -2.44. The van der Waals surface area contributed by atoms with Crippen molar-refractivity contribution in [1.82, 2.24) is 49.3 Å². The van der Waals surface area contributed by atoms with Crippen molar-refractivity contribution in [3.05, 3.63) is 208 Å². The van der Waals surface area contributed by atoms with Gasteiger partial charge in [-0.05, 0) is 104 Å². The zero-order valence-corrected chi connectivity index (χ0v) is 63.1. The van der Waals surface area contributed by atoms with E-state index in [2.05, 4.69) is 58.1 Å². The van der Waals surface area contributed by atoms with E-state index in [4.69, 9.17) is 63.2 Å². The van der Waals surface area contributed by atoms with E-state index in [0.717, 1.165) is 94.6 Å². The lowest BCUT2D eigenvalue weighted by Gasteiger charge is -2.35. The highest BCUT2D eigenvalue weighted by Gasteiger charge is 2.32. The second-order valence-corrected chi connectivity index (χ2v) is 29.8. The van der Waals surface area contributed by atoms with Crippen LogP contribution in [0.3, 0.4) is 0 Å². The first-order valence-electron chi connectivity index (χ1n) is 37.4. The molecule has 25 nitrogen and oxygen atoms in total. The van der Waals surface area contributed by atoms with E-state index in [-0.39, 0.29) is 44.8 Å². The summed E-state index contributed by atoms with van der Waals surface area (Å²) in [7, 11) is 2.11. The second-order valence-electron chi connectivity index (χ2n) is 28.5. The maximum absolute atomic E-state index is 13.7. The SMILES string of the molecule is CN1CCN(c2cc3c4c(c2)c(=O)c(C(=O)NCCN2CCOCC2)cn4-c2cc(Cl)ccc2O3)CC1.O=C(NCCN1CCOCC1)c1cn2c3c(cc(NCC4CC4)cc3c1=O)Oc1ccc(Cl)cc1-2.O=C(NCCN1CCOCC1)c1cn2c3c(cc(NCc4ccccc4)cc3c1=O)Oc1ccc(Cl)cc1-2. The molecule has 7 aliphatic heterocycles. The Kier molecular flexibility index (Phi) is 22.1. The van der Waals surface area contributed by atoms with Gasteiger partial charge in [0.05, 0.1) is 72.9 Å². The fourth-order valence-electron chi connectivity index (χ4n) is 14.8. The van der Waals surface area contributed by atoms with Gasteiger partial charge in [0, 0.05) is 187 Å². The Bertz CT molecular complexity index is 5380. The van der Waals surface area contributed by atoms with Crippen molar-refractivity contribution in [2.24, 2.45) is 5.92 Å². The number of anilines is 3. The zero-order chi connectivity index (χ0) is 75.5. The third-order valence-electron chi connectivity index (χ3n) is 21.1. The topological polar surface area (TPSA) is 249 Å². The number of carbonyl (C=O) groups excluding carboxylic acids is 3. The van der Waals surface area contributed by atoms with Gasteiger partial charge in [-0.25, -0.2) is 0 Å². The van der Waals surface area contributed by atoms with Gasteiger partial charge < -0.3 is 78.5 Å². The van der Waals surface area contributed by atoms with E-state index < -0.39 is 5.91 Å². The minimum absolute atomic E-state index is 0.0680. The number of ether oxygens (including phenoxy) is 6. The highest BCUT2D eigenvalue weighted by molar-refractivity contribution is 6.31. The Morgan fingerprint density at radius 1 is 0.427 bits per heavy atom. The Balaban J connectivity index is 0.000000125. The molecule has 0 bridgehead atoms. The van der Waals surface area contributed by atoms with Gasteiger partial charge in [0.25, 0.3) is 17.7 Å². The van der Waals surface area contributed by atoms with Crippen molar-refractivity contribution in [2.75, 3.05) is 173 Å². The number of hydrogen-bond donors (Lipinski definition) is 5. The van der Waals surface area contributed by atoms with Gasteiger partial charge in [0.1, 0.15) is 33.2 Å². The molecule has 0 unspecified atom stereocenters. The van der Waals surface area contributed by atoms with Crippen LogP contribution in [0.1, 0.15) is 49.5 Å². The monoisotopic (exact) mass is 1550 g/mol. The molecule has 3 amide bonds. The number of nitrogens with zero attached hydrogens (tertiary/aromatic N) is 8. The van der Waals surface area contributed by atoms with Crippen LogP contribution in [0.25, 0.3) is 49.8 Å². The summed E-state index contributed by atoms with van der Waals surface area (Å²) in [4.78, 5) is 91.9. The number of morpholine rings is 3. The summed E-state index contributed by atoms with van der Waals surface area (Å²) in [6, 6.07) is 37.3. The van der Waals surface area contributed by atoms with Crippen LogP contribution in [0.5, 0.6) is 34.5 Å². The molecule has 28 heteroatoms. The van der Waals surface area contributed by atoms with Crippen molar-refractivity contribution in [3.63, 3.8) is 0 Å². The van der Waals surface area contributed by atoms with Gasteiger partial charge in [-0.1, -0.05) is 65.1 Å². The number of piperazine rings is 1. The summed E-state index contributed by atoms with van der Waals surface area (Å²) in [6.45, 7) is 17.7. The van der Waals surface area contributed by atoms with Gasteiger partial charge in [0.15, 0.2) is 34.5 Å². The molecule has 7 aromatic carbocycles. The molecule has 0 spiro atoms. The zero-order valence-electron chi connectivity index (χ0n) is 60.9. The first-order chi connectivity index (χ1) is 53.6. The number of benzene rings is 7. The Morgan fingerprint density at radius 3 is 1.21 bits per heavy atom. The average Bonchev–Trinajstić information content (AvgIpc) is 0.808. The number of fused-ring (bicyclic) bond motifs is 6. The minimum Gasteiger partial charge on any atom is -0.453 e. The quantitative estimate of drug-likeness (QED) is 0.0505. The van der Waals surface area contributed by atoms with Crippen molar-refractivity contribution < 1.29 is 42.8 Å². The molecule has 0 radical (unpaired) electrons. The van der Waals surface area contributed by atoms with E-state index in [1.807, 2.05) is 80.4 Å². The van der Waals surface area contributed by atoms with E-state index in [0.29, 0.717) is 191 Å². The molecular weight excluding hydrogens is 1470 g/mol. The number of pyridine rings is 3. The van der Waals surface area contributed by atoms with Crippen LogP contribution < -0.4 is 62.0 Å². The number of hydrogen-bond acceptors (Lipinski definition) is 19. The minimum atomic E-state index is -0.409. The molecule has 8 aliphatic rings. The van der Waals surface area contributed by atoms with Gasteiger partial charge >= 0.3 is 0 Å². The maximum Gasteiger partial charge on any atom is 0.256 e. The standard InChI is InChI=1S/C29H27ClN4O4.C27H30ClN5O4.C26H27ClN4O4/c30-20-6-7-25-24(14-20)34-18-23(29(36)31-8-9-33-10-12-37-13-11-33)28(35)22-15-21(16-26(38-25)27(22)34)32-17-19-4-2-1-3-5-19;1-30-6-8-32(9-7-30)19-15-20-25-24(16-19)37-23-3-2-18(28)14-22(23)33(25)17-21(26(20)34)27(35)29-4-5-31-10-12-36-13-11-31;27-17-3-4-22-21(11-17)31-15-20(26(33)28-5-6-30-7-9-34-10-8-30)25(32)19-12-18(29-14-16-1-2-16)13-23(35-22)24(19)31/h1-7,14-16,18,32H,8-13,17H2,(H,31,36);2-3,14-17H,4-13H2,1H3,(H,29,35);3-4,11-13,15-16,29H,1-2,5-10,14H2,(H,28,33). The van der Waals surface area contributed by atoms with Gasteiger partial charge in [-0.3, -0.25) is 43.5 Å². The number of rotatable bonds is 19. The molecule has 10 heterocycles. The lowest BCUT2D eigenvalue weighted by atomic mass is 10.1. The Labute approximate surface area is 648 Å². The lowest BCUT2D eigenvalue weighted by molar-refractivity contribution is 0.0382. The molecule has 18 rings (SSSR count). The number of likely N-dealkylation sites (N-methyl/N-ethyl adjacent to an activating group) is 1. The fraction of sp³-hybridized carbons (Fsp3) is 0.341. The average molecular weight is 1550 g/mol. The molecule has 10 aromatic rings. The molecule has 5 N–H and O–H groups in total. The predicted molar refractivity (Wildman–Crippen MR) is 427 cm³/mol. The molecule has 1 saturated carbocycles. The Morgan fingerprint density at radius 2 is 0.809 bits per heavy atom. The van der Waals surface area contributed by atoms with Crippen LogP contribution >= 0.6 is 34.8 Å². The molecule has 570 valence electrons. The first-order valence-corrected chi connectivity index (χ1v) is 38.6. The summed E-state index contributed by atoms with van der Waals surface area (Å²) in [5, 5.41) is 18.5. The molecule has 0 atom stereocenters. The normalized spacial score (nSPS) is 16.5. The van der Waals surface area contributed by atoms with Crippen molar-refractivity contribution >= 4 is 102 Å². The summed E-state index contributed by atoms with van der Waals surface area (Å²) in [5.41, 5.74) is 6.78. The Hall–Kier alpha value is -10.0. The number of aromatic nitrogens is 3. The van der Waals surface area contributed by atoms with Crippen LogP contribution in [0.4, 0.5) is 17.1 Å². The number of halogens is 3. The van der Waals surface area contributed by atoms with Crippen LogP contribution in [0, 0.1) is 5.92 Å². The molecule has 5 fully saturated rings. The maximum atomic E-state index is 13.7. The number of amides is 3. The number of nitrogens with one attached hydrogen (secondary N) is 5. The molecular formula is C82H84Cl3N13O12. The highest BCUT2D eigenvalue weighted by atomic mass is 35.5. The molecule has 110 heavy (non-hydrogen) atoms. The summed E-state index contributed by atoms with van der Waals surface area (Å²) >= 11 is 18.9. The number of carbonyl (C=O) groups is 3. The summed E-state index contributed by atoms with van der Waals surface area (Å²) in [5.74, 6) is 3.02. The van der Waals surface area contributed by atoms with Crippen molar-refractivity contribution in [1.29, 1.82) is 0 Å². The van der Waals surface area contributed by atoms with Crippen LogP contribution in [-0.4, -0.2) is 209 Å². The highest BCUT2D eigenvalue weighted by Crippen LogP contribution is 2.46. The van der Waals surface area contributed by atoms with Crippen LogP contribution in [0.2, 0.25) is 15.1 Å². The summed E-state index contributed by atoms with van der Waals surface area (Å²) in [6.07, 6.45) is 7.25. The summed E-state index contributed by atoms with van der Waals surface area (Å²) < 4.78 is 40.4. The van der Waals surface area contributed by atoms with Crippen molar-refractivity contribution in [3.8, 4) is 51.6 Å². The third kappa shape index (κ3) is 16.3. The second kappa shape index (κ2) is 32.9. The first kappa shape index (κ1) is 74.1. The molecule has 4 saturated heterocycles. The smallest absolute Gasteiger partial charge is 0.256 e. The van der Waals surface area contributed by atoms with E-state index in [1.54, 1.807) is 73.2 Å². The van der Waals surface area contributed by atoms with E-state index >= 15 is 0 Å².